The third-order valence-corrected chi connectivity index (χ3v) is 3.13. The zero-order valence-corrected chi connectivity index (χ0v) is 13.6. The van der Waals surface area contributed by atoms with Crippen LogP contribution >= 0.6 is 0 Å². The zero-order chi connectivity index (χ0) is 19.2. The van der Waals surface area contributed by atoms with Crippen molar-refractivity contribution < 1.29 is 32.2 Å². The van der Waals surface area contributed by atoms with Crippen LogP contribution in [-0.2, 0) is 9.59 Å². The fourth-order valence-electron chi connectivity index (χ4n) is 1.96. The molecule has 2 amide bonds. The number of ether oxygens (including phenoxy) is 2. The van der Waals surface area contributed by atoms with E-state index >= 15 is 0 Å². The lowest BCUT2D eigenvalue weighted by atomic mass is 10.2. The first-order valence-corrected chi connectivity index (χ1v) is 7.34. The van der Waals surface area contributed by atoms with Crippen LogP contribution in [0, 0.1) is 0 Å². The third-order valence-electron chi connectivity index (χ3n) is 3.13. The van der Waals surface area contributed by atoms with Crippen molar-refractivity contribution in [2.75, 3.05) is 24.4 Å². The molecule has 0 spiro atoms. The molecule has 0 fully saturated rings. The number of anilines is 2. The second kappa shape index (κ2) is 8.24. The highest BCUT2D eigenvalue weighted by Gasteiger charge is 2.39. The summed E-state index contributed by atoms with van der Waals surface area (Å²) >= 11 is 0. The number of benzene rings is 2. The van der Waals surface area contributed by atoms with Crippen molar-refractivity contribution in [3.63, 3.8) is 0 Å². The van der Waals surface area contributed by atoms with Crippen molar-refractivity contribution in [3.05, 3.63) is 48.5 Å². The lowest BCUT2D eigenvalue weighted by molar-refractivity contribution is -0.167. The molecule has 9 heteroatoms. The van der Waals surface area contributed by atoms with E-state index in [2.05, 4.69) is 5.32 Å². The van der Waals surface area contributed by atoms with Crippen LogP contribution in [0.3, 0.4) is 0 Å². The summed E-state index contributed by atoms with van der Waals surface area (Å²) in [6.45, 7) is -0.401. The molecule has 0 radical (unpaired) electrons. The van der Waals surface area contributed by atoms with Gasteiger partial charge in [-0.2, -0.15) is 13.2 Å². The molecule has 0 aliphatic carbocycles. The summed E-state index contributed by atoms with van der Waals surface area (Å²) in [6, 6.07) is 12.2. The average Bonchev–Trinajstić information content (AvgIpc) is 2.61. The maximum absolute atomic E-state index is 12.4. The van der Waals surface area contributed by atoms with E-state index < -0.39 is 24.6 Å². The van der Waals surface area contributed by atoms with Gasteiger partial charge in [-0.1, -0.05) is 24.3 Å². The van der Waals surface area contributed by atoms with Gasteiger partial charge in [0.2, 0.25) is 0 Å². The Labute approximate surface area is 146 Å². The number of rotatable bonds is 6. The van der Waals surface area contributed by atoms with Gasteiger partial charge in [0.05, 0.1) is 18.5 Å². The molecule has 0 atom stereocenters. The van der Waals surface area contributed by atoms with Crippen LogP contribution in [0.4, 0.5) is 24.5 Å². The summed E-state index contributed by atoms with van der Waals surface area (Å²) in [5.41, 5.74) is -0.167. The predicted octanol–water partition coefficient (Wildman–Crippen LogP) is 3.21. The number of carbonyl (C=O) groups excluding carboxylic acids is 2. The smallest absolute Gasteiger partial charge is 0.471 e. The van der Waals surface area contributed by atoms with Crippen molar-refractivity contribution in [1.82, 2.24) is 0 Å². The van der Waals surface area contributed by atoms with Gasteiger partial charge in [0.1, 0.15) is 0 Å². The number of carbonyl (C=O) groups is 2. The Bertz CT molecular complexity index is 794. The minimum Gasteiger partial charge on any atom is -0.493 e. The first-order chi connectivity index (χ1) is 12.3. The number of para-hydroxylation sites is 4. The van der Waals surface area contributed by atoms with E-state index in [4.69, 9.17) is 9.47 Å². The summed E-state index contributed by atoms with van der Waals surface area (Å²) in [6.07, 6.45) is -5.04. The summed E-state index contributed by atoms with van der Waals surface area (Å²) in [5, 5.41) is 4.10. The Morgan fingerprint density at radius 3 is 2.04 bits per heavy atom. The van der Waals surface area contributed by atoms with Gasteiger partial charge in [-0.25, -0.2) is 0 Å². The van der Waals surface area contributed by atoms with E-state index in [1.54, 1.807) is 29.6 Å². The van der Waals surface area contributed by atoms with Crippen molar-refractivity contribution in [1.29, 1.82) is 0 Å². The SMILES string of the molecule is COc1ccccc1OCC(=O)Nc1ccccc1NC(=O)C(F)(F)F. The number of amides is 2. The van der Waals surface area contributed by atoms with Crippen LogP contribution in [0.15, 0.2) is 48.5 Å². The molecular formula is C17H15F3N2O4. The van der Waals surface area contributed by atoms with Crippen molar-refractivity contribution in [2.24, 2.45) is 0 Å². The van der Waals surface area contributed by atoms with Crippen molar-refractivity contribution in [3.8, 4) is 11.5 Å². The van der Waals surface area contributed by atoms with Crippen LogP contribution in [0.2, 0.25) is 0 Å². The summed E-state index contributed by atoms with van der Waals surface area (Å²) in [7, 11) is 1.45. The van der Waals surface area contributed by atoms with Crippen LogP contribution in [0.25, 0.3) is 0 Å². The van der Waals surface area contributed by atoms with E-state index in [-0.39, 0.29) is 11.4 Å². The number of nitrogens with one attached hydrogen (secondary N) is 2. The second-order valence-electron chi connectivity index (χ2n) is 4.99. The topological polar surface area (TPSA) is 76.7 Å². The largest absolute Gasteiger partial charge is 0.493 e. The second-order valence-corrected chi connectivity index (χ2v) is 4.99. The molecular weight excluding hydrogens is 353 g/mol. The highest BCUT2D eigenvalue weighted by atomic mass is 19.4. The fraction of sp³-hybridized carbons (Fsp3) is 0.176. The first-order valence-electron chi connectivity index (χ1n) is 7.34. The van der Waals surface area contributed by atoms with E-state index in [1.807, 2.05) is 0 Å². The van der Waals surface area contributed by atoms with E-state index in [1.165, 1.54) is 31.4 Å². The standard InChI is InChI=1S/C17H15F3N2O4/c1-25-13-8-4-5-9-14(13)26-10-15(23)21-11-6-2-3-7-12(11)22-16(24)17(18,19)20/h2-9H,10H2,1H3,(H,21,23)(H,22,24). The van der Waals surface area contributed by atoms with Gasteiger partial charge in [0.15, 0.2) is 18.1 Å². The van der Waals surface area contributed by atoms with Gasteiger partial charge in [-0.15, -0.1) is 0 Å². The molecule has 6 nitrogen and oxygen atoms in total. The fourth-order valence-corrected chi connectivity index (χ4v) is 1.96. The third kappa shape index (κ3) is 5.13. The molecule has 2 rings (SSSR count). The van der Waals surface area contributed by atoms with E-state index in [9.17, 15) is 22.8 Å². The van der Waals surface area contributed by atoms with Crippen molar-refractivity contribution in [2.45, 2.75) is 6.18 Å². The Morgan fingerprint density at radius 2 is 1.46 bits per heavy atom. The van der Waals surface area contributed by atoms with Crippen LogP contribution in [-0.4, -0.2) is 31.7 Å². The highest BCUT2D eigenvalue weighted by Crippen LogP contribution is 2.26. The molecule has 0 unspecified atom stereocenters. The van der Waals surface area contributed by atoms with E-state index in [0.29, 0.717) is 11.5 Å². The minimum atomic E-state index is -5.04. The Kier molecular flexibility index (Phi) is 6.05. The van der Waals surface area contributed by atoms with Gasteiger partial charge in [0.25, 0.3) is 5.91 Å². The van der Waals surface area contributed by atoms with Gasteiger partial charge in [-0.05, 0) is 24.3 Å². The lowest BCUT2D eigenvalue weighted by Crippen LogP contribution is -2.30. The molecule has 2 N–H and O–H groups in total. The number of methoxy groups -OCH3 is 1. The molecule has 2 aromatic carbocycles. The number of hydrogen-bond donors (Lipinski definition) is 2. The Balaban J connectivity index is 2.02. The number of halogens is 3. The van der Waals surface area contributed by atoms with Crippen molar-refractivity contribution >= 4 is 23.2 Å². The minimum absolute atomic E-state index is 0.0127. The van der Waals surface area contributed by atoms with E-state index in [0.717, 1.165) is 0 Å². The molecule has 0 aliphatic heterocycles. The maximum Gasteiger partial charge on any atom is 0.471 e. The summed E-state index contributed by atoms with van der Waals surface area (Å²) in [4.78, 5) is 23.1. The quantitative estimate of drug-likeness (QED) is 0.821. The molecule has 26 heavy (non-hydrogen) atoms. The average molecular weight is 368 g/mol. The molecule has 0 saturated heterocycles. The highest BCUT2D eigenvalue weighted by molar-refractivity contribution is 6.01. The molecule has 0 bridgehead atoms. The Morgan fingerprint density at radius 1 is 0.923 bits per heavy atom. The normalized spacial score (nSPS) is 10.8. The van der Waals surface area contributed by atoms with Gasteiger partial charge in [0, 0.05) is 0 Å². The molecule has 0 heterocycles. The number of alkyl halides is 3. The molecule has 0 saturated carbocycles. The summed E-state index contributed by atoms with van der Waals surface area (Å²) in [5.74, 6) is -1.99. The maximum atomic E-state index is 12.4. The molecule has 0 aliphatic rings. The molecule has 138 valence electrons. The van der Waals surface area contributed by atoms with Crippen LogP contribution in [0.1, 0.15) is 0 Å². The zero-order valence-electron chi connectivity index (χ0n) is 13.6. The van der Waals surface area contributed by atoms with Gasteiger partial charge < -0.3 is 20.1 Å². The first kappa shape index (κ1) is 19.1. The number of hydrogen-bond acceptors (Lipinski definition) is 4. The van der Waals surface area contributed by atoms with Crippen LogP contribution in [0.5, 0.6) is 11.5 Å². The molecule has 2 aromatic rings. The Hall–Kier alpha value is -3.23. The predicted molar refractivity (Wildman–Crippen MR) is 88.2 cm³/mol. The lowest BCUT2D eigenvalue weighted by Gasteiger charge is -2.14. The monoisotopic (exact) mass is 368 g/mol. The van der Waals surface area contributed by atoms with Gasteiger partial charge in [-0.3, -0.25) is 9.59 Å². The summed E-state index contributed by atoms with van der Waals surface area (Å²) < 4.78 is 47.5. The van der Waals surface area contributed by atoms with Gasteiger partial charge >= 0.3 is 12.1 Å². The molecule has 0 aromatic heterocycles. The van der Waals surface area contributed by atoms with Crippen LogP contribution < -0.4 is 20.1 Å².